The van der Waals surface area contributed by atoms with Gasteiger partial charge in [0, 0.05) is 11.7 Å². The summed E-state index contributed by atoms with van der Waals surface area (Å²) in [5.74, 6) is 0.897. The molecule has 1 saturated carbocycles. The predicted molar refractivity (Wildman–Crippen MR) is 100 cm³/mol. The highest BCUT2D eigenvalue weighted by Crippen LogP contribution is 2.37. The Morgan fingerprint density at radius 3 is 2.52 bits per heavy atom. The third-order valence-corrected chi connectivity index (χ3v) is 4.20. The maximum absolute atomic E-state index is 14.0. The molecule has 0 bridgehead atoms. The summed E-state index contributed by atoms with van der Waals surface area (Å²) in [6.45, 7) is 9.77. The van der Waals surface area contributed by atoms with E-state index in [0.717, 1.165) is 12.1 Å². The van der Waals surface area contributed by atoms with Gasteiger partial charge in [0.15, 0.2) is 0 Å². The molecule has 0 aromatic heterocycles. The van der Waals surface area contributed by atoms with Crippen LogP contribution in [-0.2, 0) is 4.74 Å². The number of hydrogen-bond acceptors (Lipinski definition) is 3. The van der Waals surface area contributed by atoms with Gasteiger partial charge in [-0.3, -0.25) is 5.32 Å². The van der Waals surface area contributed by atoms with Gasteiger partial charge in [-0.05, 0) is 76.5 Å². The van der Waals surface area contributed by atoms with Gasteiger partial charge in [0.25, 0.3) is 0 Å². The molecular weight excluding hydrogens is 319 g/mol. The number of anilines is 2. The van der Waals surface area contributed by atoms with Gasteiger partial charge in [-0.2, -0.15) is 0 Å². The number of halogens is 1. The molecule has 2 rings (SSSR count). The number of carbonyl (C=O) groups is 1. The fourth-order valence-electron chi connectivity index (χ4n) is 2.78. The quantitative estimate of drug-likeness (QED) is 0.653. The van der Waals surface area contributed by atoms with Gasteiger partial charge in [0.05, 0.1) is 5.69 Å². The van der Waals surface area contributed by atoms with Crippen LogP contribution in [-0.4, -0.2) is 17.7 Å². The number of amides is 1. The van der Waals surface area contributed by atoms with Crippen molar-refractivity contribution < 1.29 is 13.9 Å². The van der Waals surface area contributed by atoms with Crippen LogP contribution in [0.3, 0.4) is 0 Å². The lowest BCUT2D eigenvalue weighted by Gasteiger charge is -2.22. The minimum Gasteiger partial charge on any atom is -0.444 e. The Morgan fingerprint density at radius 2 is 1.96 bits per heavy atom. The number of benzene rings is 1. The van der Waals surface area contributed by atoms with E-state index < -0.39 is 17.5 Å². The van der Waals surface area contributed by atoms with E-state index in [2.05, 4.69) is 24.5 Å². The largest absolute Gasteiger partial charge is 0.444 e. The van der Waals surface area contributed by atoms with Crippen molar-refractivity contribution in [3.8, 4) is 0 Å². The first-order chi connectivity index (χ1) is 11.6. The van der Waals surface area contributed by atoms with Crippen LogP contribution in [0, 0.1) is 17.7 Å². The lowest BCUT2D eigenvalue weighted by Crippen LogP contribution is -2.27. The van der Waals surface area contributed by atoms with Crippen molar-refractivity contribution in [1.82, 2.24) is 0 Å². The molecule has 1 fully saturated rings. The van der Waals surface area contributed by atoms with E-state index in [1.54, 1.807) is 32.9 Å². The van der Waals surface area contributed by atoms with E-state index in [1.165, 1.54) is 25.3 Å². The van der Waals surface area contributed by atoms with E-state index in [-0.39, 0.29) is 5.69 Å². The Labute approximate surface area is 150 Å². The van der Waals surface area contributed by atoms with Gasteiger partial charge < -0.3 is 10.1 Å². The molecule has 0 spiro atoms. The maximum atomic E-state index is 14.0. The molecule has 0 saturated heterocycles. The van der Waals surface area contributed by atoms with Crippen LogP contribution in [0.4, 0.5) is 20.6 Å². The number of rotatable bonds is 7. The highest BCUT2D eigenvalue weighted by atomic mass is 19.1. The third-order valence-electron chi connectivity index (χ3n) is 4.20. The van der Waals surface area contributed by atoms with Crippen LogP contribution in [0.25, 0.3) is 0 Å². The van der Waals surface area contributed by atoms with E-state index in [1.807, 2.05) is 0 Å². The molecule has 0 radical (unpaired) electrons. The van der Waals surface area contributed by atoms with Crippen LogP contribution in [0.5, 0.6) is 0 Å². The first-order valence-electron chi connectivity index (χ1n) is 9.20. The maximum Gasteiger partial charge on any atom is 0.412 e. The molecular formula is C20H31FN2O2. The smallest absolute Gasteiger partial charge is 0.412 e. The van der Waals surface area contributed by atoms with Crippen molar-refractivity contribution in [3.05, 3.63) is 24.0 Å². The van der Waals surface area contributed by atoms with E-state index in [9.17, 15) is 9.18 Å². The molecule has 1 aliphatic rings. The van der Waals surface area contributed by atoms with Gasteiger partial charge in [-0.15, -0.1) is 0 Å². The van der Waals surface area contributed by atoms with E-state index >= 15 is 0 Å². The van der Waals surface area contributed by atoms with Crippen LogP contribution < -0.4 is 10.6 Å². The zero-order valence-corrected chi connectivity index (χ0v) is 16.0. The predicted octanol–water partition coefficient (Wildman–Crippen LogP) is 5.80. The molecule has 1 amide bonds. The van der Waals surface area contributed by atoms with Gasteiger partial charge in [-0.1, -0.05) is 13.8 Å². The number of ether oxygens (including phenoxy) is 1. The molecule has 1 aromatic carbocycles. The fourth-order valence-corrected chi connectivity index (χ4v) is 2.78. The summed E-state index contributed by atoms with van der Waals surface area (Å²) < 4.78 is 19.2. The number of carbonyl (C=O) groups excluding carboxylic acids is 1. The van der Waals surface area contributed by atoms with Crippen LogP contribution in [0.15, 0.2) is 18.2 Å². The summed E-state index contributed by atoms with van der Waals surface area (Å²) in [6.07, 6.45) is 4.12. The van der Waals surface area contributed by atoms with Crippen molar-refractivity contribution >= 4 is 17.5 Å². The number of hydrogen-bond donors (Lipinski definition) is 2. The highest BCUT2D eigenvalue weighted by Gasteiger charge is 2.31. The average Bonchev–Trinajstić information content (AvgIpc) is 3.29. The Bertz CT molecular complexity index is 592. The van der Waals surface area contributed by atoms with Gasteiger partial charge in [0.1, 0.15) is 11.4 Å². The van der Waals surface area contributed by atoms with Gasteiger partial charge in [0.2, 0.25) is 0 Å². The lowest BCUT2D eigenvalue weighted by atomic mass is 10.00. The summed E-state index contributed by atoms with van der Waals surface area (Å²) in [5.41, 5.74) is 0.343. The van der Waals surface area contributed by atoms with Crippen molar-refractivity contribution in [2.24, 2.45) is 11.8 Å². The second-order valence-corrected chi connectivity index (χ2v) is 8.38. The molecule has 5 heteroatoms. The molecule has 0 heterocycles. The Morgan fingerprint density at radius 1 is 1.28 bits per heavy atom. The van der Waals surface area contributed by atoms with Crippen molar-refractivity contribution in [3.63, 3.8) is 0 Å². The molecule has 2 N–H and O–H groups in total. The topological polar surface area (TPSA) is 50.4 Å². The minimum absolute atomic E-state index is 0.137. The van der Waals surface area contributed by atoms with E-state index in [0.29, 0.717) is 17.9 Å². The highest BCUT2D eigenvalue weighted by molar-refractivity contribution is 5.85. The normalized spacial score (nSPS) is 15.8. The molecule has 1 unspecified atom stereocenters. The summed E-state index contributed by atoms with van der Waals surface area (Å²) in [6, 6.07) is 5.15. The van der Waals surface area contributed by atoms with Crippen LogP contribution >= 0.6 is 0 Å². The average molecular weight is 350 g/mol. The van der Waals surface area contributed by atoms with Crippen molar-refractivity contribution in [2.75, 3.05) is 10.6 Å². The monoisotopic (exact) mass is 350 g/mol. The summed E-state index contributed by atoms with van der Waals surface area (Å²) in [5, 5.41) is 6.03. The summed E-state index contributed by atoms with van der Waals surface area (Å²) in [4.78, 5) is 11.9. The SMILES string of the molecule is CC(C)CCC(Nc1ccc(F)c(NC(=O)OC(C)(C)C)c1)C1CC1. The Kier molecular flexibility index (Phi) is 6.31. The fraction of sp³-hybridized carbons (Fsp3) is 0.650. The molecule has 1 aromatic rings. The Hall–Kier alpha value is -1.78. The summed E-state index contributed by atoms with van der Waals surface area (Å²) >= 11 is 0. The Balaban J connectivity index is 2.02. The molecule has 0 aliphatic heterocycles. The molecule has 140 valence electrons. The molecule has 1 aliphatic carbocycles. The van der Waals surface area contributed by atoms with Crippen LogP contribution in [0.2, 0.25) is 0 Å². The molecule has 25 heavy (non-hydrogen) atoms. The molecule has 4 nitrogen and oxygen atoms in total. The van der Waals surface area contributed by atoms with E-state index in [4.69, 9.17) is 4.74 Å². The zero-order valence-electron chi connectivity index (χ0n) is 16.0. The first-order valence-corrected chi connectivity index (χ1v) is 9.20. The van der Waals surface area contributed by atoms with Gasteiger partial charge >= 0.3 is 6.09 Å². The third kappa shape index (κ3) is 6.92. The number of nitrogens with one attached hydrogen (secondary N) is 2. The summed E-state index contributed by atoms with van der Waals surface area (Å²) in [7, 11) is 0. The second-order valence-electron chi connectivity index (χ2n) is 8.38. The van der Waals surface area contributed by atoms with Crippen molar-refractivity contribution in [2.45, 2.75) is 71.9 Å². The minimum atomic E-state index is -0.651. The zero-order chi connectivity index (χ0) is 18.6. The van der Waals surface area contributed by atoms with Gasteiger partial charge in [-0.25, -0.2) is 9.18 Å². The second kappa shape index (κ2) is 8.07. The lowest BCUT2D eigenvalue weighted by molar-refractivity contribution is 0.0635. The van der Waals surface area contributed by atoms with Crippen molar-refractivity contribution in [1.29, 1.82) is 0 Å². The van der Waals surface area contributed by atoms with Crippen LogP contribution in [0.1, 0.15) is 60.3 Å². The first kappa shape index (κ1) is 19.5. The molecule has 1 atom stereocenters. The standard InChI is InChI=1S/C20H31FN2O2/c1-13(2)6-11-17(14-7-8-14)22-15-9-10-16(21)18(12-15)23-19(24)25-20(3,4)5/h9-10,12-14,17,22H,6-8,11H2,1-5H3,(H,23,24).